The minimum atomic E-state index is -0.634. The van der Waals surface area contributed by atoms with Crippen LogP contribution in [0.4, 0.5) is 0 Å². The molecule has 1 heterocycles. The summed E-state index contributed by atoms with van der Waals surface area (Å²) in [6.45, 7) is 8.37. The standard InChI is InChI=1S/C18H26N2O3/c1-5-13(3)15(16(21)19-23)20-11-10-18(4,17(20)22)14-8-6-12(2)7-9-14/h6-9,13,15,23H,5,10-11H2,1-4H3,(H,19,21). The first-order valence-electron chi connectivity index (χ1n) is 8.17. The van der Waals surface area contributed by atoms with Gasteiger partial charge >= 0.3 is 0 Å². The minimum Gasteiger partial charge on any atom is -0.329 e. The number of nitrogens with one attached hydrogen (secondary N) is 1. The molecule has 1 saturated heterocycles. The van der Waals surface area contributed by atoms with Gasteiger partial charge < -0.3 is 4.90 Å². The maximum absolute atomic E-state index is 13.1. The Morgan fingerprint density at radius 3 is 2.52 bits per heavy atom. The van der Waals surface area contributed by atoms with Crippen LogP contribution in [0.25, 0.3) is 0 Å². The summed E-state index contributed by atoms with van der Waals surface area (Å²) in [4.78, 5) is 26.8. The van der Waals surface area contributed by atoms with E-state index in [1.165, 1.54) is 0 Å². The van der Waals surface area contributed by atoms with Gasteiger partial charge in [-0.05, 0) is 31.7 Å². The highest BCUT2D eigenvalue weighted by Gasteiger charge is 2.48. The first-order valence-corrected chi connectivity index (χ1v) is 8.17. The predicted molar refractivity (Wildman–Crippen MR) is 88.0 cm³/mol. The number of hydroxylamine groups is 1. The molecule has 3 unspecified atom stereocenters. The summed E-state index contributed by atoms with van der Waals surface area (Å²) in [6.07, 6.45) is 1.42. The average Bonchev–Trinajstić information content (AvgIpc) is 2.85. The SMILES string of the molecule is CCC(C)C(C(=O)NO)N1CCC(C)(c2ccc(C)cc2)C1=O. The number of hydrogen-bond donors (Lipinski definition) is 2. The van der Waals surface area contributed by atoms with E-state index in [2.05, 4.69) is 0 Å². The Balaban J connectivity index is 2.32. The molecule has 2 amide bonds. The molecule has 3 atom stereocenters. The fourth-order valence-corrected chi connectivity index (χ4v) is 3.32. The highest BCUT2D eigenvalue weighted by atomic mass is 16.5. The molecule has 1 aromatic rings. The van der Waals surface area contributed by atoms with Gasteiger partial charge in [-0.3, -0.25) is 14.8 Å². The zero-order valence-corrected chi connectivity index (χ0v) is 14.3. The van der Waals surface area contributed by atoms with Gasteiger partial charge in [0.05, 0.1) is 5.41 Å². The number of benzene rings is 1. The van der Waals surface area contributed by atoms with Gasteiger partial charge in [0.15, 0.2) is 0 Å². The molecule has 1 fully saturated rings. The van der Waals surface area contributed by atoms with Gasteiger partial charge in [-0.15, -0.1) is 0 Å². The lowest BCUT2D eigenvalue weighted by Gasteiger charge is -2.32. The summed E-state index contributed by atoms with van der Waals surface area (Å²) in [5, 5.41) is 9.04. The Labute approximate surface area is 137 Å². The third-order valence-corrected chi connectivity index (χ3v) is 5.17. The van der Waals surface area contributed by atoms with E-state index in [-0.39, 0.29) is 11.8 Å². The van der Waals surface area contributed by atoms with E-state index in [1.54, 1.807) is 10.4 Å². The molecule has 0 spiro atoms. The van der Waals surface area contributed by atoms with Crippen molar-refractivity contribution in [1.82, 2.24) is 10.4 Å². The number of nitrogens with zero attached hydrogens (tertiary/aromatic N) is 1. The van der Waals surface area contributed by atoms with Crippen molar-refractivity contribution in [2.24, 2.45) is 5.92 Å². The van der Waals surface area contributed by atoms with Crippen LogP contribution in [-0.4, -0.2) is 34.5 Å². The number of likely N-dealkylation sites (tertiary alicyclic amines) is 1. The van der Waals surface area contributed by atoms with Gasteiger partial charge in [0.2, 0.25) is 5.91 Å². The molecule has 1 aliphatic rings. The Hall–Kier alpha value is -1.88. The summed E-state index contributed by atoms with van der Waals surface area (Å²) in [5.74, 6) is -0.581. The first kappa shape index (κ1) is 17.5. The molecule has 126 valence electrons. The number of amides is 2. The second-order valence-electron chi connectivity index (χ2n) is 6.75. The van der Waals surface area contributed by atoms with E-state index in [0.717, 1.165) is 17.5 Å². The minimum absolute atomic E-state index is 0.0218. The molecule has 5 nitrogen and oxygen atoms in total. The Kier molecular flexibility index (Phi) is 5.09. The van der Waals surface area contributed by atoms with Crippen LogP contribution in [0.15, 0.2) is 24.3 Å². The Morgan fingerprint density at radius 1 is 1.39 bits per heavy atom. The smallest absolute Gasteiger partial charge is 0.266 e. The van der Waals surface area contributed by atoms with Crippen molar-refractivity contribution in [3.63, 3.8) is 0 Å². The number of carbonyl (C=O) groups excluding carboxylic acids is 2. The average molecular weight is 318 g/mol. The van der Waals surface area contributed by atoms with Gasteiger partial charge in [-0.25, -0.2) is 5.48 Å². The number of hydrogen-bond acceptors (Lipinski definition) is 3. The maximum Gasteiger partial charge on any atom is 0.266 e. The molecule has 0 aromatic heterocycles. The molecule has 0 radical (unpaired) electrons. The van der Waals surface area contributed by atoms with Crippen LogP contribution in [0, 0.1) is 12.8 Å². The predicted octanol–water partition coefficient (Wildman–Crippen LogP) is 2.41. The maximum atomic E-state index is 13.1. The fraction of sp³-hybridized carbons (Fsp3) is 0.556. The number of aryl methyl sites for hydroxylation is 1. The summed E-state index contributed by atoms with van der Waals surface area (Å²) >= 11 is 0. The topological polar surface area (TPSA) is 69.6 Å². The van der Waals surface area contributed by atoms with Crippen molar-refractivity contribution < 1.29 is 14.8 Å². The van der Waals surface area contributed by atoms with E-state index >= 15 is 0 Å². The molecular formula is C18H26N2O3. The van der Waals surface area contributed by atoms with Gasteiger partial charge in [0.25, 0.3) is 5.91 Å². The largest absolute Gasteiger partial charge is 0.329 e. The fourth-order valence-electron chi connectivity index (χ4n) is 3.32. The summed E-state index contributed by atoms with van der Waals surface area (Å²) in [7, 11) is 0. The Bertz CT molecular complexity index is 584. The van der Waals surface area contributed by atoms with Crippen molar-refractivity contribution in [2.75, 3.05) is 6.54 Å². The van der Waals surface area contributed by atoms with Crippen LogP contribution < -0.4 is 5.48 Å². The molecule has 1 aromatic carbocycles. The van der Waals surface area contributed by atoms with E-state index in [4.69, 9.17) is 5.21 Å². The van der Waals surface area contributed by atoms with Crippen molar-refractivity contribution in [3.8, 4) is 0 Å². The van der Waals surface area contributed by atoms with E-state index < -0.39 is 17.4 Å². The molecule has 2 rings (SSSR count). The second-order valence-corrected chi connectivity index (χ2v) is 6.75. The van der Waals surface area contributed by atoms with Crippen LogP contribution in [0.3, 0.4) is 0 Å². The molecule has 23 heavy (non-hydrogen) atoms. The lowest BCUT2D eigenvalue weighted by atomic mass is 9.80. The van der Waals surface area contributed by atoms with Crippen molar-refractivity contribution in [1.29, 1.82) is 0 Å². The van der Waals surface area contributed by atoms with E-state index in [0.29, 0.717) is 13.0 Å². The third kappa shape index (κ3) is 3.11. The zero-order chi connectivity index (χ0) is 17.2. The Morgan fingerprint density at radius 2 is 2.00 bits per heavy atom. The van der Waals surface area contributed by atoms with Crippen molar-refractivity contribution in [2.45, 2.75) is 52.0 Å². The van der Waals surface area contributed by atoms with Gasteiger partial charge in [0.1, 0.15) is 6.04 Å². The van der Waals surface area contributed by atoms with Crippen LogP contribution in [0.1, 0.15) is 44.7 Å². The van der Waals surface area contributed by atoms with Crippen LogP contribution >= 0.6 is 0 Å². The molecule has 1 aliphatic heterocycles. The normalized spacial score (nSPS) is 23.7. The molecule has 0 saturated carbocycles. The van der Waals surface area contributed by atoms with Gasteiger partial charge in [-0.2, -0.15) is 0 Å². The van der Waals surface area contributed by atoms with Gasteiger partial charge in [0, 0.05) is 6.54 Å². The quantitative estimate of drug-likeness (QED) is 0.647. The van der Waals surface area contributed by atoms with E-state index in [9.17, 15) is 9.59 Å². The van der Waals surface area contributed by atoms with Crippen molar-refractivity contribution >= 4 is 11.8 Å². The van der Waals surface area contributed by atoms with Crippen LogP contribution in [0.5, 0.6) is 0 Å². The number of rotatable bonds is 5. The summed E-state index contributed by atoms with van der Waals surface area (Å²) in [6, 6.07) is 7.35. The molecule has 2 N–H and O–H groups in total. The lowest BCUT2D eigenvalue weighted by molar-refractivity contribution is -0.145. The first-order chi connectivity index (χ1) is 10.8. The lowest BCUT2D eigenvalue weighted by Crippen LogP contribution is -2.52. The third-order valence-electron chi connectivity index (χ3n) is 5.17. The number of carbonyl (C=O) groups is 2. The van der Waals surface area contributed by atoms with E-state index in [1.807, 2.05) is 52.0 Å². The molecular weight excluding hydrogens is 292 g/mol. The van der Waals surface area contributed by atoms with Crippen LogP contribution in [0.2, 0.25) is 0 Å². The molecule has 5 heteroatoms. The van der Waals surface area contributed by atoms with Crippen LogP contribution in [-0.2, 0) is 15.0 Å². The molecule has 0 aliphatic carbocycles. The monoisotopic (exact) mass is 318 g/mol. The molecule has 0 bridgehead atoms. The highest BCUT2D eigenvalue weighted by Crippen LogP contribution is 2.37. The van der Waals surface area contributed by atoms with Gasteiger partial charge in [-0.1, -0.05) is 50.1 Å². The second kappa shape index (κ2) is 6.71. The van der Waals surface area contributed by atoms with Crippen molar-refractivity contribution in [3.05, 3.63) is 35.4 Å². The summed E-state index contributed by atoms with van der Waals surface area (Å²) < 4.78 is 0. The summed E-state index contributed by atoms with van der Waals surface area (Å²) in [5.41, 5.74) is 3.23. The highest BCUT2D eigenvalue weighted by molar-refractivity contribution is 5.94. The zero-order valence-electron chi connectivity index (χ0n) is 14.3.